The van der Waals surface area contributed by atoms with E-state index in [-0.39, 0.29) is 0 Å². The summed E-state index contributed by atoms with van der Waals surface area (Å²) >= 11 is 4.29. The predicted octanol–water partition coefficient (Wildman–Crippen LogP) is 6.30. The molecule has 0 amide bonds. The quantitative estimate of drug-likeness (QED) is 0.503. The summed E-state index contributed by atoms with van der Waals surface area (Å²) in [7, 11) is 0. The second-order valence-electron chi connectivity index (χ2n) is 5.42. The maximum absolute atomic E-state index is 3.63. The largest absolute Gasteiger partial charge is 0.378 e. The van der Waals surface area contributed by atoms with Crippen LogP contribution in [0.5, 0.6) is 0 Å². The molecule has 0 aliphatic rings. The van der Waals surface area contributed by atoms with Crippen LogP contribution >= 0.6 is 33.9 Å². The second-order valence-corrected chi connectivity index (χ2v) is 7.66. The van der Waals surface area contributed by atoms with Gasteiger partial charge in [0.05, 0.1) is 6.04 Å². The van der Waals surface area contributed by atoms with Crippen molar-refractivity contribution in [3.63, 3.8) is 0 Å². The van der Waals surface area contributed by atoms with Gasteiger partial charge in [0.15, 0.2) is 0 Å². The normalized spacial score (nSPS) is 12.6. The average Bonchev–Trinajstić information content (AvgIpc) is 2.81. The third kappa shape index (κ3) is 2.94. The van der Waals surface area contributed by atoms with Gasteiger partial charge in [0.1, 0.15) is 0 Å². The Morgan fingerprint density at radius 1 is 1.10 bits per heavy atom. The summed E-state index contributed by atoms with van der Waals surface area (Å²) in [6, 6.07) is 15.5. The fraction of sp³-hybridized carbons (Fsp3) is 0.222. The van der Waals surface area contributed by atoms with Gasteiger partial charge in [0, 0.05) is 18.8 Å². The Bertz CT molecular complexity index is 791. The molecule has 2 aromatic carbocycles. The lowest BCUT2D eigenvalue weighted by molar-refractivity contribution is 0.900. The van der Waals surface area contributed by atoms with Crippen LogP contribution < -0.4 is 5.32 Å². The van der Waals surface area contributed by atoms with Crippen molar-refractivity contribution in [2.75, 3.05) is 5.32 Å². The lowest BCUT2D eigenvalue weighted by Crippen LogP contribution is -2.06. The van der Waals surface area contributed by atoms with E-state index < -0.39 is 0 Å². The molecule has 1 atom stereocenters. The molecule has 1 nitrogen and oxygen atoms in total. The van der Waals surface area contributed by atoms with Gasteiger partial charge in [-0.25, -0.2) is 0 Å². The average molecular weight is 407 g/mol. The first-order valence-corrected chi connectivity index (χ1v) is 8.96. The smallest absolute Gasteiger partial charge is 0.0581 e. The van der Waals surface area contributed by atoms with Crippen molar-refractivity contribution in [1.29, 1.82) is 0 Å². The monoisotopic (exact) mass is 407 g/mol. The number of anilines is 1. The molecule has 3 rings (SSSR count). The number of hydrogen-bond acceptors (Lipinski definition) is 2. The summed E-state index contributed by atoms with van der Waals surface area (Å²) < 4.78 is 2.68. The van der Waals surface area contributed by atoms with Crippen molar-refractivity contribution in [3.05, 3.63) is 62.0 Å². The molecule has 3 heteroatoms. The molecule has 0 aliphatic carbocycles. The van der Waals surface area contributed by atoms with Crippen molar-refractivity contribution in [2.24, 2.45) is 0 Å². The molecule has 0 bridgehead atoms. The van der Waals surface area contributed by atoms with Crippen molar-refractivity contribution >= 4 is 49.7 Å². The van der Waals surface area contributed by atoms with Crippen LogP contribution in [0, 0.1) is 17.4 Å². The summed E-state index contributed by atoms with van der Waals surface area (Å²) in [5, 5.41) is 5.01. The number of halogens is 1. The third-order valence-electron chi connectivity index (χ3n) is 3.83. The minimum absolute atomic E-state index is 0.320. The molecular formula is C18H18INS. The Labute approximate surface area is 143 Å². The highest BCUT2D eigenvalue weighted by Crippen LogP contribution is 2.36. The highest BCUT2D eigenvalue weighted by atomic mass is 127. The van der Waals surface area contributed by atoms with E-state index in [2.05, 4.69) is 91.1 Å². The Morgan fingerprint density at radius 2 is 1.86 bits per heavy atom. The molecule has 3 aromatic rings. The van der Waals surface area contributed by atoms with Gasteiger partial charge in [0.2, 0.25) is 0 Å². The van der Waals surface area contributed by atoms with Crippen LogP contribution in [0.4, 0.5) is 5.69 Å². The third-order valence-corrected chi connectivity index (χ3v) is 6.45. The fourth-order valence-corrected chi connectivity index (χ4v) is 4.33. The van der Waals surface area contributed by atoms with E-state index in [1.54, 1.807) is 0 Å². The minimum Gasteiger partial charge on any atom is -0.378 e. The molecule has 0 fully saturated rings. The minimum atomic E-state index is 0.320. The van der Waals surface area contributed by atoms with Crippen molar-refractivity contribution in [2.45, 2.75) is 26.8 Å². The van der Waals surface area contributed by atoms with Gasteiger partial charge in [-0.05, 0) is 78.1 Å². The zero-order valence-electron chi connectivity index (χ0n) is 12.4. The zero-order chi connectivity index (χ0) is 15.0. The molecule has 1 N–H and O–H groups in total. The molecule has 0 saturated heterocycles. The number of thiophene rings is 1. The molecule has 1 unspecified atom stereocenters. The van der Waals surface area contributed by atoms with Gasteiger partial charge in [-0.15, -0.1) is 11.3 Å². The molecule has 0 aliphatic heterocycles. The van der Waals surface area contributed by atoms with Crippen LogP contribution in [-0.4, -0.2) is 0 Å². The van der Waals surface area contributed by atoms with Gasteiger partial charge in [-0.2, -0.15) is 0 Å². The van der Waals surface area contributed by atoms with Crippen LogP contribution in [0.1, 0.15) is 29.0 Å². The highest BCUT2D eigenvalue weighted by Gasteiger charge is 2.14. The first-order valence-electron chi connectivity index (χ1n) is 7.07. The molecule has 0 radical (unpaired) electrons. The molecule has 1 heterocycles. The maximum Gasteiger partial charge on any atom is 0.0581 e. The number of hydrogen-bond donors (Lipinski definition) is 1. The lowest BCUT2D eigenvalue weighted by atomic mass is 10.1. The van der Waals surface area contributed by atoms with Gasteiger partial charge < -0.3 is 5.32 Å². The Morgan fingerprint density at radius 3 is 2.57 bits per heavy atom. The van der Waals surface area contributed by atoms with Crippen LogP contribution in [0.25, 0.3) is 10.1 Å². The fourth-order valence-electron chi connectivity index (χ4n) is 2.60. The standard InChI is InChI=1S/C18H18INS/c1-11-8-9-14(10-16(11)19)20-13(3)18-12(2)15-6-4-5-7-17(15)21-18/h4-10,13,20H,1-3H3. The van der Waals surface area contributed by atoms with E-state index in [9.17, 15) is 0 Å². The van der Waals surface area contributed by atoms with Gasteiger partial charge in [-0.3, -0.25) is 0 Å². The van der Waals surface area contributed by atoms with Crippen LogP contribution in [0.15, 0.2) is 42.5 Å². The molecular weight excluding hydrogens is 389 g/mol. The Hall–Kier alpha value is -1.07. The van der Waals surface area contributed by atoms with Crippen molar-refractivity contribution in [3.8, 4) is 0 Å². The predicted molar refractivity (Wildman–Crippen MR) is 102 cm³/mol. The van der Waals surface area contributed by atoms with E-state index >= 15 is 0 Å². The Kier molecular flexibility index (Phi) is 4.22. The first kappa shape index (κ1) is 14.9. The van der Waals surface area contributed by atoms with Crippen LogP contribution in [0.3, 0.4) is 0 Å². The van der Waals surface area contributed by atoms with E-state index in [0.717, 1.165) is 0 Å². The van der Waals surface area contributed by atoms with E-state index in [0.29, 0.717) is 6.04 Å². The van der Waals surface area contributed by atoms with E-state index in [1.807, 2.05) is 11.3 Å². The number of aryl methyl sites for hydroxylation is 2. The molecule has 21 heavy (non-hydrogen) atoms. The second kappa shape index (κ2) is 5.97. The Balaban J connectivity index is 1.91. The number of nitrogens with one attached hydrogen (secondary N) is 1. The van der Waals surface area contributed by atoms with Gasteiger partial charge >= 0.3 is 0 Å². The lowest BCUT2D eigenvalue weighted by Gasteiger charge is -2.15. The topological polar surface area (TPSA) is 12.0 Å². The highest BCUT2D eigenvalue weighted by molar-refractivity contribution is 14.1. The van der Waals surface area contributed by atoms with Gasteiger partial charge in [0.25, 0.3) is 0 Å². The van der Waals surface area contributed by atoms with E-state index in [1.165, 1.54) is 35.3 Å². The molecule has 0 spiro atoms. The number of fused-ring (bicyclic) bond motifs is 1. The van der Waals surface area contributed by atoms with Crippen LogP contribution in [-0.2, 0) is 0 Å². The molecule has 108 valence electrons. The summed E-state index contributed by atoms with van der Waals surface area (Å²) in [5.41, 5.74) is 3.92. The SMILES string of the molecule is Cc1ccc(NC(C)c2sc3ccccc3c2C)cc1I. The van der Waals surface area contributed by atoms with Crippen LogP contribution in [0.2, 0.25) is 0 Å². The maximum atomic E-state index is 3.63. The summed E-state index contributed by atoms with van der Waals surface area (Å²) in [6.07, 6.45) is 0. The number of rotatable bonds is 3. The summed E-state index contributed by atoms with van der Waals surface area (Å²) in [6.45, 7) is 6.61. The summed E-state index contributed by atoms with van der Waals surface area (Å²) in [5.74, 6) is 0. The van der Waals surface area contributed by atoms with Crippen molar-refractivity contribution < 1.29 is 0 Å². The first-order chi connectivity index (χ1) is 10.1. The summed E-state index contributed by atoms with van der Waals surface area (Å²) in [4.78, 5) is 1.42. The zero-order valence-corrected chi connectivity index (χ0v) is 15.4. The van der Waals surface area contributed by atoms with Gasteiger partial charge in [-0.1, -0.05) is 24.3 Å². The van der Waals surface area contributed by atoms with E-state index in [4.69, 9.17) is 0 Å². The molecule has 0 saturated carbocycles. The van der Waals surface area contributed by atoms with Crippen molar-refractivity contribution in [1.82, 2.24) is 0 Å². The number of benzene rings is 2. The molecule has 1 aromatic heterocycles.